The van der Waals surface area contributed by atoms with E-state index < -0.39 is 24.0 Å². The summed E-state index contributed by atoms with van der Waals surface area (Å²) in [6.07, 6.45) is 0. The molecule has 8 heteroatoms. The van der Waals surface area contributed by atoms with E-state index >= 15 is 0 Å². The number of hydrogen-bond donors (Lipinski definition) is 2. The third-order valence-electron chi connectivity index (χ3n) is 2.57. The quantitative estimate of drug-likeness (QED) is 0.540. The van der Waals surface area contributed by atoms with Gasteiger partial charge in [-0.1, -0.05) is 40.9 Å². The normalized spacial score (nSPS) is 11.8. The first-order chi connectivity index (χ1) is 11.8. The lowest BCUT2D eigenvalue weighted by Gasteiger charge is -2.09. The Kier molecular flexibility index (Phi) is 16.6. The van der Waals surface area contributed by atoms with Crippen molar-refractivity contribution in [3.05, 3.63) is 24.3 Å². The summed E-state index contributed by atoms with van der Waals surface area (Å²) in [6, 6.07) is 3.22. The highest BCUT2D eigenvalue weighted by Crippen LogP contribution is 2.10. The molecule has 0 fully saturated rings. The average Bonchev–Trinajstić information content (AvgIpc) is 2.51. The molecule has 0 heterocycles. The maximum atomic E-state index is 9.60. The second-order valence-electron chi connectivity index (χ2n) is 6.04. The van der Waals surface area contributed by atoms with Crippen molar-refractivity contribution in [1.29, 1.82) is 10.5 Å². The van der Waals surface area contributed by atoms with Crippen LogP contribution in [0.3, 0.4) is 0 Å². The van der Waals surface area contributed by atoms with Crippen LogP contribution in [0.15, 0.2) is 34.5 Å². The molecular weight excluding hydrogens is 336 g/mol. The highest BCUT2D eigenvalue weighted by atomic mass is 16.4. The lowest BCUT2D eigenvalue weighted by molar-refractivity contribution is -0.133. The molecule has 0 amide bonds. The number of carbonyl (C=O) groups is 2. The zero-order chi connectivity index (χ0) is 21.4. The molecule has 2 unspecified atom stereocenters. The molecule has 0 radical (unpaired) electrons. The smallest absolute Gasteiger partial charge is 0.330 e. The number of carboxylic acid groups (broad SMARTS) is 2. The minimum Gasteiger partial charge on any atom is -0.478 e. The van der Waals surface area contributed by atoms with E-state index in [0.29, 0.717) is 0 Å². The van der Waals surface area contributed by atoms with Gasteiger partial charge in [-0.3, -0.25) is 0 Å². The first-order valence-corrected chi connectivity index (χ1v) is 7.78. The average molecular weight is 364 g/mol. The van der Waals surface area contributed by atoms with Crippen molar-refractivity contribution in [2.75, 3.05) is 0 Å². The van der Waals surface area contributed by atoms with Crippen LogP contribution in [-0.2, 0) is 9.59 Å². The molecule has 0 aliphatic heterocycles. The van der Waals surface area contributed by atoms with Crippen molar-refractivity contribution >= 4 is 11.9 Å². The summed E-state index contributed by atoms with van der Waals surface area (Å²) >= 11 is 0. The molecule has 26 heavy (non-hydrogen) atoms. The summed E-state index contributed by atoms with van der Waals surface area (Å²) in [5.41, 5.74) is 0.352. The molecule has 0 aliphatic rings. The van der Waals surface area contributed by atoms with Crippen molar-refractivity contribution in [2.24, 2.45) is 22.1 Å². The SMILES string of the molecule is C=C(C)C(=O)O.C=C(C)C(=O)O.CC(C)C(C#N)N=NC(C#N)C(C)C. The Bertz CT molecular complexity index is 519. The fourth-order valence-corrected chi connectivity index (χ4v) is 0.760. The fourth-order valence-electron chi connectivity index (χ4n) is 0.760. The Labute approximate surface area is 155 Å². The van der Waals surface area contributed by atoms with Crippen LogP contribution in [0, 0.1) is 34.5 Å². The van der Waals surface area contributed by atoms with Crippen LogP contribution in [0.2, 0.25) is 0 Å². The Morgan fingerprint density at radius 2 is 1.00 bits per heavy atom. The van der Waals surface area contributed by atoms with E-state index in [1.54, 1.807) is 0 Å². The van der Waals surface area contributed by atoms with E-state index in [1.165, 1.54) is 13.8 Å². The predicted molar refractivity (Wildman–Crippen MR) is 98.2 cm³/mol. The van der Waals surface area contributed by atoms with Gasteiger partial charge < -0.3 is 10.2 Å². The molecule has 2 atom stereocenters. The number of aliphatic carboxylic acids is 2. The second-order valence-corrected chi connectivity index (χ2v) is 6.04. The summed E-state index contributed by atoms with van der Waals surface area (Å²) < 4.78 is 0. The third-order valence-corrected chi connectivity index (χ3v) is 2.57. The van der Waals surface area contributed by atoms with Gasteiger partial charge in [-0.25, -0.2) is 9.59 Å². The molecule has 0 saturated carbocycles. The Morgan fingerprint density at radius 1 is 0.808 bits per heavy atom. The standard InChI is InChI=1S/C10H16N4.2C4H6O2/c1-7(2)9(5-11)13-14-10(6-12)8(3)4;2*1-3(2)4(5)6/h7-10H,1-4H3;2*1H2,2H3,(H,5,6). The first-order valence-electron chi connectivity index (χ1n) is 7.78. The molecule has 0 rings (SSSR count). The maximum Gasteiger partial charge on any atom is 0.330 e. The van der Waals surface area contributed by atoms with Crippen LogP contribution in [0.25, 0.3) is 0 Å². The van der Waals surface area contributed by atoms with Crippen molar-refractivity contribution in [2.45, 2.75) is 53.6 Å². The lowest BCUT2D eigenvalue weighted by atomic mass is 10.1. The largest absolute Gasteiger partial charge is 0.478 e. The predicted octanol–water partition coefficient (Wildman–Crippen LogP) is 3.83. The van der Waals surface area contributed by atoms with Gasteiger partial charge in [0.2, 0.25) is 0 Å². The molecule has 0 saturated heterocycles. The molecule has 0 spiro atoms. The van der Waals surface area contributed by atoms with Gasteiger partial charge >= 0.3 is 11.9 Å². The van der Waals surface area contributed by atoms with Crippen molar-refractivity contribution in [1.82, 2.24) is 0 Å². The monoisotopic (exact) mass is 364 g/mol. The van der Waals surface area contributed by atoms with Gasteiger partial charge in [0.25, 0.3) is 0 Å². The summed E-state index contributed by atoms with van der Waals surface area (Å²) in [5.74, 6) is -1.60. The van der Waals surface area contributed by atoms with Gasteiger partial charge in [-0.15, -0.1) is 0 Å². The molecule has 2 N–H and O–H groups in total. The number of nitrogens with zero attached hydrogens (tertiary/aromatic N) is 4. The van der Waals surface area contributed by atoms with Gasteiger partial charge in [0.1, 0.15) is 0 Å². The Hall–Kier alpha value is -3.00. The van der Waals surface area contributed by atoms with E-state index in [9.17, 15) is 9.59 Å². The van der Waals surface area contributed by atoms with Crippen LogP contribution in [0.4, 0.5) is 0 Å². The van der Waals surface area contributed by atoms with E-state index in [-0.39, 0.29) is 23.0 Å². The van der Waals surface area contributed by atoms with E-state index in [0.717, 1.165) is 0 Å². The van der Waals surface area contributed by atoms with Gasteiger partial charge in [-0.05, 0) is 25.7 Å². The number of carboxylic acids is 2. The molecule has 0 aromatic heterocycles. The highest BCUT2D eigenvalue weighted by molar-refractivity contribution is 5.85. The summed E-state index contributed by atoms with van der Waals surface area (Å²) in [7, 11) is 0. The van der Waals surface area contributed by atoms with Gasteiger partial charge in [0.05, 0.1) is 12.1 Å². The topological polar surface area (TPSA) is 147 Å². The minimum absolute atomic E-state index is 0.134. The number of azo groups is 1. The zero-order valence-corrected chi connectivity index (χ0v) is 16.2. The number of hydrogen-bond acceptors (Lipinski definition) is 6. The van der Waals surface area contributed by atoms with E-state index in [2.05, 4.69) is 35.5 Å². The molecule has 144 valence electrons. The van der Waals surface area contributed by atoms with Crippen LogP contribution < -0.4 is 0 Å². The summed E-state index contributed by atoms with van der Waals surface area (Å²) in [4.78, 5) is 19.2. The fraction of sp³-hybridized carbons (Fsp3) is 0.556. The van der Waals surface area contributed by atoms with Crippen molar-refractivity contribution in [3.63, 3.8) is 0 Å². The second kappa shape index (κ2) is 15.5. The molecule has 0 aliphatic carbocycles. The van der Waals surface area contributed by atoms with E-state index in [1.807, 2.05) is 27.7 Å². The minimum atomic E-state index is -0.935. The Morgan fingerprint density at radius 3 is 1.08 bits per heavy atom. The van der Waals surface area contributed by atoms with Crippen LogP contribution >= 0.6 is 0 Å². The number of nitriles is 2. The van der Waals surface area contributed by atoms with Crippen molar-refractivity contribution in [3.8, 4) is 12.1 Å². The molecular formula is C18H28N4O4. The Balaban J connectivity index is -0.000000364. The van der Waals surface area contributed by atoms with Gasteiger partial charge in [0.15, 0.2) is 12.1 Å². The maximum absolute atomic E-state index is 9.60. The third kappa shape index (κ3) is 17.4. The number of rotatable bonds is 6. The van der Waals surface area contributed by atoms with Crippen molar-refractivity contribution < 1.29 is 19.8 Å². The molecule has 0 bridgehead atoms. The summed E-state index contributed by atoms with van der Waals surface area (Å²) in [6.45, 7) is 16.8. The summed E-state index contributed by atoms with van der Waals surface area (Å²) in [5, 5.41) is 41.0. The first kappa shape index (κ1) is 27.8. The molecule has 8 nitrogen and oxygen atoms in total. The zero-order valence-electron chi connectivity index (χ0n) is 16.2. The van der Waals surface area contributed by atoms with Crippen LogP contribution in [0.1, 0.15) is 41.5 Å². The lowest BCUT2D eigenvalue weighted by Crippen LogP contribution is -2.13. The van der Waals surface area contributed by atoms with Gasteiger partial charge in [0, 0.05) is 11.1 Å². The van der Waals surface area contributed by atoms with Gasteiger partial charge in [-0.2, -0.15) is 20.8 Å². The highest BCUT2D eigenvalue weighted by Gasteiger charge is 2.14. The van der Waals surface area contributed by atoms with Crippen LogP contribution in [0.5, 0.6) is 0 Å². The van der Waals surface area contributed by atoms with Crippen LogP contribution in [-0.4, -0.2) is 34.2 Å². The molecule has 0 aromatic rings. The van der Waals surface area contributed by atoms with E-state index in [4.69, 9.17) is 20.7 Å². The molecule has 0 aromatic carbocycles.